The average Bonchev–Trinajstić information content (AvgIpc) is 2.81. The minimum absolute atomic E-state index is 0.375. The molecule has 0 aliphatic rings. The third-order valence-electron chi connectivity index (χ3n) is 6.27. The van der Waals surface area contributed by atoms with Crippen LogP contribution >= 0.6 is 15.9 Å². The van der Waals surface area contributed by atoms with Crippen LogP contribution in [0.3, 0.4) is 0 Å². The van der Waals surface area contributed by atoms with E-state index in [-0.39, 0.29) is 5.91 Å². The molecule has 0 aromatic carbocycles. The molecular formula is C29H55BrN2O2. The first kappa shape index (κ1) is 35.1. The number of unbranched alkanes of at least 4 members (excludes halogenated alkanes) is 9. The maximum Gasteiger partial charge on any atom is 0.318 e. The Morgan fingerprint density at radius 1 is 0.735 bits per heavy atom. The number of rotatable bonds is 18. The van der Waals surface area contributed by atoms with Crippen LogP contribution in [0.15, 0.2) is 23.3 Å². The van der Waals surface area contributed by atoms with Crippen LogP contribution in [0.2, 0.25) is 0 Å². The molecule has 4 nitrogen and oxygen atoms in total. The van der Waals surface area contributed by atoms with Crippen molar-refractivity contribution in [3.63, 3.8) is 0 Å². The van der Waals surface area contributed by atoms with Crippen LogP contribution < -0.4 is 11.1 Å². The lowest BCUT2D eigenvalue weighted by Crippen LogP contribution is -2.46. The molecule has 200 valence electrons. The Morgan fingerprint density at radius 2 is 1.12 bits per heavy atom. The van der Waals surface area contributed by atoms with E-state index in [0.29, 0.717) is 12.8 Å². The zero-order valence-corrected chi connectivity index (χ0v) is 24.8. The molecule has 34 heavy (non-hydrogen) atoms. The van der Waals surface area contributed by atoms with Gasteiger partial charge in [0, 0.05) is 0 Å². The maximum absolute atomic E-state index is 11.3. The summed E-state index contributed by atoms with van der Waals surface area (Å²) in [5, 5.41) is 2.04. The molecule has 3 N–H and O–H groups in total. The summed E-state index contributed by atoms with van der Waals surface area (Å²) >= 11 is 3.26. The number of primary amides is 1. The van der Waals surface area contributed by atoms with E-state index >= 15 is 0 Å². The number of nitrogens with two attached hydrogens (primary N) is 1. The lowest BCUT2D eigenvalue weighted by molar-refractivity contribution is -0.122. The second-order valence-corrected chi connectivity index (χ2v) is 11.0. The zero-order valence-electron chi connectivity index (χ0n) is 23.2. The fraction of sp³-hybridized carbons (Fsp3) is 0.793. The molecule has 0 spiro atoms. The number of carbonyl (C=O) groups excluding carboxylic acids is 2. The van der Waals surface area contributed by atoms with Gasteiger partial charge < -0.3 is 5.73 Å². The monoisotopic (exact) mass is 542 g/mol. The highest BCUT2D eigenvalue weighted by atomic mass is 79.9. The molecule has 3 amide bonds. The van der Waals surface area contributed by atoms with Crippen LogP contribution in [-0.4, -0.2) is 16.3 Å². The van der Waals surface area contributed by atoms with E-state index in [1.165, 1.54) is 89.9 Å². The minimum atomic E-state index is -0.814. The van der Waals surface area contributed by atoms with Gasteiger partial charge in [-0.3, -0.25) is 10.1 Å². The third kappa shape index (κ3) is 21.4. The Kier molecular flexibility index (Phi) is 24.4. The van der Waals surface area contributed by atoms with Gasteiger partial charge in [0.15, 0.2) is 0 Å². The van der Waals surface area contributed by atoms with E-state index in [2.05, 4.69) is 55.8 Å². The predicted molar refractivity (Wildman–Crippen MR) is 153 cm³/mol. The highest BCUT2D eigenvalue weighted by Gasteiger charge is 2.32. The van der Waals surface area contributed by atoms with E-state index in [9.17, 15) is 9.59 Å². The molecule has 0 aliphatic heterocycles. The molecule has 0 radical (unpaired) electrons. The number of nitrogens with one attached hydrogen (secondary N) is 1. The largest absolute Gasteiger partial charge is 0.351 e. The fourth-order valence-electron chi connectivity index (χ4n) is 3.67. The minimum Gasteiger partial charge on any atom is -0.351 e. The Bertz CT molecular complexity index is 551. The molecular weight excluding hydrogens is 488 g/mol. The van der Waals surface area contributed by atoms with Crippen LogP contribution in [0, 0.1) is 0 Å². The fourth-order valence-corrected chi connectivity index (χ4v) is 3.77. The summed E-state index contributed by atoms with van der Waals surface area (Å²) in [7, 11) is 0. The van der Waals surface area contributed by atoms with E-state index < -0.39 is 10.4 Å². The lowest BCUT2D eigenvalue weighted by Gasteiger charge is -2.21. The maximum atomic E-state index is 11.3. The Hall–Kier alpha value is -1.10. The summed E-state index contributed by atoms with van der Waals surface area (Å²) in [6, 6.07) is -0.814. The normalized spacial score (nSPS) is 12.2. The third-order valence-corrected chi connectivity index (χ3v) is 7.75. The molecule has 0 saturated heterocycles. The molecule has 0 bridgehead atoms. The SMILES string of the molecule is CCC(Br)(CC)C(=O)NC(N)=O.CCCCCCC/C(C)=C/CC/C=C(\C)CCCCCCC. The Labute approximate surface area is 220 Å². The summed E-state index contributed by atoms with van der Waals surface area (Å²) in [4.78, 5) is 21.6. The topological polar surface area (TPSA) is 72.2 Å². The number of allylic oxidation sites excluding steroid dienone is 4. The van der Waals surface area contributed by atoms with E-state index in [1.807, 2.05) is 19.2 Å². The number of halogens is 1. The summed E-state index contributed by atoms with van der Waals surface area (Å²) in [6.07, 6.45) is 25.2. The molecule has 0 heterocycles. The van der Waals surface area contributed by atoms with Crippen LogP contribution in [0.4, 0.5) is 4.79 Å². The van der Waals surface area contributed by atoms with Gasteiger partial charge in [0.2, 0.25) is 5.91 Å². The van der Waals surface area contributed by atoms with Crippen LogP contribution in [-0.2, 0) is 4.79 Å². The number of hydrogen-bond acceptors (Lipinski definition) is 2. The molecule has 0 aromatic rings. The van der Waals surface area contributed by atoms with E-state index in [4.69, 9.17) is 5.73 Å². The van der Waals surface area contributed by atoms with Gasteiger partial charge in [-0.15, -0.1) is 0 Å². The average molecular weight is 544 g/mol. The summed E-state index contributed by atoms with van der Waals surface area (Å²) in [6.45, 7) is 12.9. The van der Waals surface area contributed by atoms with Crippen molar-refractivity contribution in [2.24, 2.45) is 5.73 Å². The standard InChI is InChI=1S/C22H42.C7H13BrN2O2/c1-5-7-9-11-13-17-21(3)19-15-16-20-22(4)18-14-12-10-8-6-2;1-3-7(8,4-2)5(11)10-6(9)12/h19-20H,5-18H2,1-4H3;3-4H2,1-2H3,(H3,9,10,11,12)/b21-19+,22-20+;. The quantitative estimate of drug-likeness (QED) is 0.103. The highest BCUT2D eigenvalue weighted by molar-refractivity contribution is 9.10. The van der Waals surface area contributed by atoms with Gasteiger partial charge in [0.05, 0.1) is 0 Å². The number of hydrogen-bond donors (Lipinski definition) is 2. The van der Waals surface area contributed by atoms with Crippen LogP contribution in [0.25, 0.3) is 0 Å². The zero-order chi connectivity index (χ0) is 26.2. The smallest absolute Gasteiger partial charge is 0.318 e. The number of amides is 3. The van der Waals surface area contributed by atoms with Crippen molar-refractivity contribution in [2.75, 3.05) is 0 Å². The molecule has 0 unspecified atom stereocenters. The van der Waals surface area contributed by atoms with Crippen molar-refractivity contribution >= 4 is 27.9 Å². The molecule has 0 saturated carbocycles. The van der Waals surface area contributed by atoms with Gasteiger partial charge >= 0.3 is 6.03 Å². The predicted octanol–water partition coefficient (Wildman–Crippen LogP) is 9.52. The second-order valence-electron chi connectivity index (χ2n) is 9.50. The van der Waals surface area contributed by atoms with Crippen molar-refractivity contribution in [1.29, 1.82) is 0 Å². The van der Waals surface area contributed by atoms with Crippen LogP contribution in [0.1, 0.15) is 144 Å². The Morgan fingerprint density at radius 3 is 1.44 bits per heavy atom. The van der Waals surface area contributed by atoms with Gasteiger partial charge in [0.25, 0.3) is 0 Å². The molecule has 0 atom stereocenters. The van der Waals surface area contributed by atoms with E-state index in [0.717, 1.165) is 0 Å². The van der Waals surface area contributed by atoms with Crippen molar-refractivity contribution in [3.8, 4) is 0 Å². The molecule has 0 aromatic heterocycles. The lowest BCUT2D eigenvalue weighted by atomic mass is 10.0. The van der Waals surface area contributed by atoms with Gasteiger partial charge in [-0.25, -0.2) is 4.79 Å². The van der Waals surface area contributed by atoms with Gasteiger partial charge in [0.1, 0.15) is 4.32 Å². The van der Waals surface area contributed by atoms with Crippen molar-refractivity contribution in [3.05, 3.63) is 23.3 Å². The molecule has 0 rings (SSSR count). The molecule has 5 heteroatoms. The van der Waals surface area contributed by atoms with Crippen molar-refractivity contribution in [2.45, 2.75) is 149 Å². The summed E-state index contributed by atoms with van der Waals surface area (Å²) in [5.74, 6) is -0.375. The number of carbonyl (C=O) groups is 2. The first-order chi connectivity index (χ1) is 16.2. The Balaban J connectivity index is 0. The second kappa shape index (κ2) is 23.6. The van der Waals surface area contributed by atoms with Gasteiger partial charge in [-0.05, 0) is 65.2 Å². The number of alkyl halides is 1. The molecule has 0 fully saturated rings. The number of urea groups is 1. The summed E-state index contributed by atoms with van der Waals surface area (Å²) < 4.78 is -0.665. The number of imide groups is 1. The van der Waals surface area contributed by atoms with E-state index in [1.54, 1.807) is 11.1 Å². The van der Waals surface area contributed by atoms with Gasteiger partial charge in [-0.2, -0.15) is 0 Å². The van der Waals surface area contributed by atoms with Gasteiger partial charge in [-0.1, -0.05) is 118 Å². The van der Waals surface area contributed by atoms with Crippen molar-refractivity contribution in [1.82, 2.24) is 5.32 Å². The summed E-state index contributed by atoms with van der Waals surface area (Å²) in [5.41, 5.74) is 8.01. The molecule has 0 aliphatic carbocycles. The van der Waals surface area contributed by atoms with Crippen molar-refractivity contribution < 1.29 is 9.59 Å². The first-order valence-electron chi connectivity index (χ1n) is 13.8. The highest BCUT2D eigenvalue weighted by Crippen LogP contribution is 2.26. The first-order valence-corrected chi connectivity index (χ1v) is 14.6. The van der Waals surface area contributed by atoms with Crippen LogP contribution in [0.5, 0.6) is 0 Å².